The molecule has 0 unspecified atom stereocenters. The first-order chi connectivity index (χ1) is 14.1. The molecule has 0 aliphatic rings. The second-order valence-corrected chi connectivity index (χ2v) is 7.35. The molecule has 0 heterocycles. The number of amides is 1. The van der Waals surface area contributed by atoms with Crippen LogP contribution in [-0.4, -0.2) is 23.8 Å². The first-order valence-electron chi connectivity index (χ1n) is 8.68. The number of hydrogen-bond donors (Lipinski definition) is 1. The highest BCUT2D eigenvalue weighted by Gasteiger charge is 2.07. The van der Waals surface area contributed by atoms with E-state index in [1.54, 1.807) is 60.7 Å². The summed E-state index contributed by atoms with van der Waals surface area (Å²) in [6.07, 6.45) is 1.52. The van der Waals surface area contributed by atoms with Gasteiger partial charge in [0, 0.05) is 9.92 Å². The Morgan fingerprint density at radius 3 is 2.34 bits per heavy atom. The summed E-state index contributed by atoms with van der Waals surface area (Å²) in [6.45, 7) is 0. The molecule has 0 aliphatic carbocycles. The van der Waals surface area contributed by atoms with Gasteiger partial charge in [0.15, 0.2) is 0 Å². The summed E-state index contributed by atoms with van der Waals surface area (Å²) in [4.78, 5) is 24.8. The van der Waals surface area contributed by atoms with Gasteiger partial charge in [-0.05, 0) is 66.2 Å². The van der Waals surface area contributed by atoms with Crippen LogP contribution in [0.15, 0.2) is 88.9 Å². The quantitative estimate of drug-likeness (QED) is 0.194. The highest BCUT2D eigenvalue weighted by molar-refractivity contribution is 8.00. The van der Waals surface area contributed by atoms with E-state index in [1.165, 1.54) is 18.0 Å². The monoisotopic (exact) mass is 424 g/mol. The number of carbonyl (C=O) groups is 2. The Morgan fingerprint density at radius 1 is 0.966 bits per heavy atom. The van der Waals surface area contributed by atoms with Gasteiger partial charge in [-0.25, -0.2) is 10.2 Å². The lowest BCUT2D eigenvalue weighted by Crippen LogP contribution is -2.19. The molecule has 0 saturated heterocycles. The van der Waals surface area contributed by atoms with E-state index >= 15 is 0 Å². The van der Waals surface area contributed by atoms with Crippen LogP contribution < -0.4 is 10.2 Å². The van der Waals surface area contributed by atoms with E-state index in [0.29, 0.717) is 16.3 Å². The van der Waals surface area contributed by atoms with Crippen molar-refractivity contribution in [2.75, 3.05) is 5.75 Å². The van der Waals surface area contributed by atoms with Gasteiger partial charge in [-0.3, -0.25) is 4.79 Å². The summed E-state index contributed by atoms with van der Waals surface area (Å²) >= 11 is 7.23. The Kier molecular flexibility index (Phi) is 7.44. The minimum atomic E-state index is -0.419. The van der Waals surface area contributed by atoms with Crippen molar-refractivity contribution in [3.63, 3.8) is 0 Å². The molecule has 0 saturated carbocycles. The van der Waals surface area contributed by atoms with Crippen molar-refractivity contribution in [1.29, 1.82) is 0 Å². The second-order valence-electron chi connectivity index (χ2n) is 5.86. The smallest absolute Gasteiger partial charge is 0.343 e. The summed E-state index contributed by atoms with van der Waals surface area (Å²) in [6, 6.07) is 22.9. The average molecular weight is 425 g/mol. The fourth-order valence-electron chi connectivity index (χ4n) is 2.25. The first-order valence-corrected chi connectivity index (χ1v) is 10.0. The number of thioether (sulfide) groups is 1. The van der Waals surface area contributed by atoms with Crippen LogP contribution >= 0.6 is 23.4 Å². The molecule has 0 aromatic heterocycles. The second kappa shape index (κ2) is 10.5. The summed E-state index contributed by atoms with van der Waals surface area (Å²) in [5.74, 6) is 0.0411. The summed E-state index contributed by atoms with van der Waals surface area (Å²) < 4.78 is 5.32. The molecule has 0 spiro atoms. The third-order valence-electron chi connectivity index (χ3n) is 3.69. The molecule has 1 N–H and O–H groups in total. The molecule has 3 rings (SSSR count). The number of halogens is 1. The number of esters is 1. The van der Waals surface area contributed by atoms with Gasteiger partial charge in [-0.2, -0.15) is 5.10 Å². The van der Waals surface area contributed by atoms with Crippen molar-refractivity contribution >= 4 is 41.5 Å². The third kappa shape index (κ3) is 6.78. The number of rotatable bonds is 7. The van der Waals surface area contributed by atoms with E-state index in [9.17, 15) is 9.59 Å². The van der Waals surface area contributed by atoms with Crippen molar-refractivity contribution in [2.45, 2.75) is 4.90 Å². The van der Waals surface area contributed by atoms with Crippen LogP contribution in [0.2, 0.25) is 5.02 Å². The maximum atomic E-state index is 12.0. The van der Waals surface area contributed by atoms with Gasteiger partial charge in [0.2, 0.25) is 5.91 Å². The van der Waals surface area contributed by atoms with Crippen molar-refractivity contribution in [3.8, 4) is 5.75 Å². The molecule has 0 aliphatic heterocycles. The van der Waals surface area contributed by atoms with Gasteiger partial charge >= 0.3 is 5.97 Å². The van der Waals surface area contributed by atoms with Crippen LogP contribution in [0.4, 0.5) is 0 Å². The summed E-state index contributed by atoms with van der Waals surface area (Å²) in [7, 11) is 0. The van der Waals surface area contributed by atoms with Crippen molar-refractivity contribution in [2.24, 2.45) is 5.10 Å². The van der Waals surface area contributed by atoms with Gasteiger partial charge in [0.25, 0.3) is 0 Å². The van der Waals surface area contributed by atoms with Gasteiger partial charge in [0.05, 0.1) is 17.5 Å². The van der Waals surface area contributed by atoms with E-state index < -0.39 is 5.97 Å². The molecule has 3 aromatic carbocycles. The molecule has 146 valence electrons. The Balaban J connectivity index is 1.45. The van der Waals surface area contributed by atoms with Crippen LogP contribution in [0.25, 0.3) is 0 Å². The molecular formula is C22H17ClN2O3S. The fourth-order valence-corrected chi connectivity index (χ4v) is 3.07. The maximum Gasteiger partial charge on any atom is 0.343 e. The predicted molar refractivity (Wildman–Crippen MR) is 116 cm³/mol. The van der Waals surface area contributed by atoms with Gasteiger partial charge in [-0.15, -0.1) is 11.8 Å². The molecule has 0 bridgehead atoms. The number of nitrogens with zero attached hydrogens (tertiary/aromatic N) is 1. The number of hydrogen-bond acceptors (Lipinski definition) is 5. The molecule has 0 radical (unpaired) electrons. The van der Waals surface area contributed by atoms with Crippen LogP contribution in [0, 0.1) is 0 Å². The number of ether oxygens (including phenoxy) is 1. The zero-order valence-corrected chi connectivity index (χ0v) is 16.8. The molecule has 1 amide bonds. The average Bonchev–Trinajstić information content (AvgIpc) is 2.75. The predicted octanol–water partition coefficient (Wildman–Crippen LogP) is 4.80. The summed E-state index contributed by atoms with van der Waals surface area (Å²) in [5, 5.41) is 4.60. The third-order valence-corrected chi connectivity index (χ3v) is 4.95. The van der Waals surface area contributed by atoms with Crippen LogP contribution in [-0.2, 0) is 4.79 Å². The number of benzene rings is 3. The number of carbonyl (C=O) groups excluding carboxylic acids is 2. The lowest BCUT2D eigenvalue weighted by atomic mass is 10.2. The van der Waals surface area contributed by atoms with Crippen molar-refractivity contribution < 1.29 is 14.3 Å². The van der Waals surface area contributed by atoms with Crippen molar-refractivity contribution in [1.82, 2.24) is 5.43 Å². The van der Waals surface area contributed by atoms with E-state index in [4.69, 9.17) is 16.3 Å². The normalized spacial score (nSPS) is 10.7. The molecule has 5 nitrogen and oxygen atoms in total. The number of nitrogens with one attached hydrogen (secondary N) is 1. The Labute approximate surface area is 177 Å². The van der Waals surface area contributed by atoms with Gasteiger partial charge < -0.3 is 4.74 Å². The lowest BCUT2D eigenvalue weighted by molar-refractivity contribution is -0.118. The first kappa shape index (κ1) is 20.6. The largest absolute Gasteiger partial charge is 0.423 e. The summed E-state index contributed by atoms with van der Waals surface area (Å²) in [5.41, 5.74) is 3.72. The standard InChI is InChI=1S/C22H17ClN2O3S/c23-18-8-12-20(13-9-18)29-15-21(26)25-24-14-16-6-10-19(11-7-16)28-22(27)17-4-2-1-3-5-17/h1-14H,15H2,(H,25,26)/b24-14+. The van der Waals surface area contributed by atoms with Crippen molar-refractivity contribution in [3.05, 3.63) is 95.0 Å². The van der Waals surface area contributed by atoms with Gasteiger partial charge in [0.1, 0.15) is 5.75 Å². The van der Waals surface area contributed by atoms with E-state index in [1.807, 2.05) is 18.2 Å². The highest BCUT2D eigenvalue weighted by Crippen LogP contribution is 2.20. The van der Waals surface area contributed by atoms with E-state index in [0.717, 1.165) is 10.5 Å². The SMILES string of the molecule is O=C(CSc1ccc(Cl)cc1)N/N=C/c1ccc(OC(=O)c2ccccc2)cc1. The van der Waals surface area contributed by atoms with E-state index in [2.05, 4.69) is 10.5 Å². The minimum absolute atomic E-state index is 0.213. The molecule has 7 heteroatoms. The molecule has 3 aromatic rings. The maximum absolute atomic E-state index is 12.0. The van der Waals surface area contributed by atoms with E-state index in [-0.39, 0.29) is 11.7 Å². The highest BCUT2D eigenvalue weighted by atomic mass is 35.5. The number of hydrazone groups is 1. The lowest BCUT2D eigenvalue weighted by Gasteiger charge is -2.04. The Hall–Kier alpha value is -3.09. The molecule has 0 atom stereocenters. The minimum Gasteiger partial charge on any atom is -0.423 e. The zero-order chi connectivity index (χ0) is 20.5. The van der Waals surface area contributed by atoms with Gasteiger partial charge in [-0.1, -0.05) is 29.8 Å². The van der Waals surface area contributed by atoms with Crippen LogP contribution in [0.3, 0.4) is 0 Å². The van der Waals surface area contributed by atoms with Crippen LogP contribution in [0.1, 0.15) is 15.9 Å². The Bertz CT molecular complexity index is 991. The molecular weight excluding hydrogens is 408 g/mol. The molecule has 29 heavy (non-hydrogen) atoms. The topological polar surface area (TPSA) is 67.8 Å². The fraction of sp³-hybridized carbons (Fsp3) is 0.0455. The zero-order valence-electron chi connectivity index (χ0n) is 15.2. The molecule has 0 fully saturated rings. The Morgan fingerprint density at radius 2 is 1.66 bits per heavy atom. The van der Waals surface area contributed by atoms with Crippen LogP contribution in [0.5, 0.6) is 5.75 Å².